The Bertz CT molecular complexity index is 1550. The Morgan fingerprint density at radius 3 is 2.62 bits per heavy atom. The van der Waals surface area contributed by atoms with Crippen molar-refractivity contribution in [3.05, 3.63) is 84.1 Å². The number of hydrogen-bond donors (Lipinski definition) is 3. The first kappa shape index (κ1) is 20.7. The molecule has 6 rings (SSSR count). The number of benzene rings is 3. The highest BCUT2D eigenvalue weighted by Gasteiger charge is 2.40. The van der Waals surface area contributed by atoms with E-state index in [0.29, 0.717) is 17.9 Å². The molecule has 0 aliphatic carbocycles. The van der Waals surface area contributed by atoms with Gasteiger partial charge in [-0.15, -0.1) is 0 Å². The minimum absolute atomic E-state index is 0.184. The van der Waals surface area contributed by atoms with Crippen LogP contribution in [-0.4, -0.2) is 42.1 Å². The monoisotopic (exact) mass is 473 g/mol. The maximum absolute atomic E-state index is 13.9. The van der Waals surface area contributed by atoms with Crippen molar-refractivity contribution in [2.75, 3.05) is 10.8 Å². The van der Waals surface area contributed by atoms with E-state index in [1.165, 1.54) is 4.31 Å². The van der Waals surface area contributed by atoms with Crippen LogP contribution in [0.4, 0.5) is 11.5 Å². The highest BCUT2D eigenvalue weighted by atomic mass is 32.2. The number of H-pyrrole nitrogens is 1. The second-order valence-corrected chi connectivity index (χ2v) is 10.4. The van der Waals surface area contributed by atoms with E-state index in [-0.39, 0.29) is 23.4 Å². The number of para-hydroxylation sites is 1. The average Bonchev–Trinajstić information content (AvgIpc) is 3.32. The zero-order valence-corrected chi connectivity index (χ0v) is 19.0. The van der Waals surface area contributed by atoms with Gasteiger partial charge in [-0.1, -0.05) is 48.5 Å². The van der Waals surface area contributed by atoms with Gasteiger partial charge >= 0.3 is 0 Å². The van der Waals surface area contributed by atoms with E-state index < -0.39 is 16.2 Å². The van der Waals surface area contributed by atoms with E-state index in [0.717, 1.165) is 21.9 Å². The number of nitrogens with zero attached hydrogens (tertiary/aromatic N) is 4. The maximum atomic E-state index is 13.9. The zero-order chi connectivity index (χ0) is 23.4. The number of nitrogens with one attached hydrogen (secondary N) is 1. The smallest absolute Gasteiger partial charge is 0.264 e. The van der Waals surface area contributed by atoms with Crippen molar-refractivity contribution in [3.8, 4) is 0 Å². The second kappa shape index (κ2) is 7.57. The molecule has 0 radical (unpaired) electrons. The summed E-state index contributed by atoms with van der Waals surface area (Å²) < 4.78 is 29.3. The average molecular weight is 474 g/mol. The molecule has 3 aromatic carbocycles. The van der Waals surface area contributed by atoms with Crippen molar-refractivity contribution in [2.45, 2.75) is 23.5 Å². The Morgan fingerprint density at radius 2 is 1.76 bits per heavy atom. The summed E-state index contributed by atoms with van der Waals surface area (Å²) in [5.74, 6) is 0.759. The fourth-order valence-electron chi connectivity index (χ4n) is 4.88. The van der Waals surface area contributed by atoms with E-state index in [1.807, 2.05) is 54.6 Å². The minimum Gasteiger partial charge on any atom is -0.369 e. The predicted octanol–water partition coefficient (Wildman–Crippen LogP) is 2.60. The Kier molecular flexibility index (Phi) is 4.61. The van der Waals surface area contributed by atoms with E-state index in [1.54, 1.807) is 23.2 Å². The van der Waals surface area contributed by atoms with Gasteiger partial charge in [0.15, 0.2) is 11.8 Å². The minimum atomic E-state index is -3.86. The summed E-state index contributed by atoms with van der Waals surface area (Å²) >= 11 is 0. The number of aliphatic imine (C=N–C) groups is 1. The van der Waals surface area contributed by atoms with Gasteiger partial charge in [0.2, 0.25) is 0 Å². The molecule has 172 valence electrons. The van der Waals surface area contributed by atoms with Crippen LogP contribution in [-0.2, 0) is 16.4 Å². The van der Waals surface area contributed by atoms with Gasteiger partial charge in [-0.3, -0.25) is 9.40 Å². The molecule has 5 N–H and O–H groups in total. The Hall–Kier alpha value is -3.89. The molecule has 2 unspecified atom stereocenters. The Labute approximate surface area is 196 Å². The third kappa shape index (κ3) is 3.14. The number of aromatic nitrogens is 2. The lowest BCUT2D eigenvalue weighted by Crippen LogP contribution is -2.57. The molecule has 3 heterocycles. The fourth-order valence-corrected chi connectivity index (χ4v) is 6.45. The molecular formula is C24H23N7O2S. The van der Waals surface area contributed by atoms with Gasteiger partial charge < -0.3 is 16.4 Å². The molecule has 0 bridgehead atoms. The maximum Gasteiger partial charge on any atom is 0.264 e. The van der Waals surface area contributed by atoms with Crippen molar-refractivity contribution in [1.82, 2.24) is 15.1 Å². The largest absolute Gasteiger partial charge is 0.369 e. The summed E-state index contributed by atoms with van der Waals surface area (Å²) in [5.41, 5.74) is 15.1. The van der Waals surface area contributed by atoms with Crippen LogP contribution in [0.2, 0.25) is 0 Å². The molecule has 9 nitrogen and oxygen atoms in total. The van der Waals surface area contributed by atoms with E-state index in [4.69, 9.17) is 11.5 Å². The molecule has 0 spiro atoms. The van der Waals surface area contributed by atoms with E-state index in [2.05, 4.69) is 15.2 Å². The molecule has 2 atom stereocenters. The second-order valence-electron chi connectivity index (χ2n) is 8.53. The van der Waals surface area contributed by atoms with Crippen LogP contribution in [0.15, 0.2) is 82.8 Å². The van der Waals surface area contributed by atoms with Crippen molar-refractivity contribution in [2.24, 2.45) is 16.5 Å². The van der Waals surface area contributed by atoms with Gasteiger partial charge in [-0.2, -0.15) is 10.1 Å². The molecule has 1 aromatic heterocycles. The van der Waals surface area contributed by atoms with Crippen LogP contribution in [0, 0.1) is 0 Å². The van der Waals surface area contributed by atoms with E-state index >= 15 is 0 Å². The number of hydrogen-bond acceptors (Lipinski definition) is 7. The zero-order valence-electron chi connectivity index (χ0n) is 18.2. The topological polar surface area (TPSA) is 134 Å². The summed E-state index contributed by atoms with van der Waals surface area (Å²) in [6.07, 6.45) is 1.62. The van der Waals surface area contributed by atoms with Gasteiger partial charge in [0, 0.05) is 0 Å². The third-order valence-electron chi connectivity index (χ3n) is 6.55. The standard InChI is InChI=1S/C24H23N7O2S/c25-22-20-13-27-29-23(20)28-24(26)31(22)18-11-17-7-3-4-8-21(17)30(14-18)34(32,33)19-10-9-15-5-1-2-6-16(15)12-19/h1-10,12-13,18,22H,11,14,25H2,(H3,26,27,28,29). The van der Waals surface area contributed by atoms with Gasteiger partial charge in [-0.25, -0.2) is 8.42 Å². The first-order valence-electron chi connectivity index (χ1n) is 10.9. The molecular weight excluding hydrogens is 450 g/mol. The lowest BCUT2D eigenvalue weighted by Gasteiger charge is -2.44. The number of rotatable bonds is 3. The molecule has 2 aliphatic heterocycles. The lowest BCUT2D eigenvalue weighted by atomic mass is 9.97. The van der Waals surface area contributed by atoms with Gasteiger partial charge in [0.1, 0.15) is 6.17 Å². The SMILES string of the molecule is NC1=Nc2[nH]ncc2C(N)N1C1Cc2ccccc2N(S(=O)(=O)c2ccc3ccccc3c2)C1. The van der Waals surface area contributed by atoms with Crippen molar-refractivity contribution in [1.29, 1.82) is 0 Å². The highest BCUT2D eigenvalue weighted by Crippen LogP contribution is 2.37. The predicted molar refractivity (Wildman–Crippen MR) is 131 cm³/mol. The molecule has 0 fully saturated rings. The first-order valence-corrected chi connectivity index (χ1v) is 12.4. The number of anilines is 1. The summed E-state index contributed by atoms with van der Waals surface area (Å²) in [4.78, 5) is 6.43. The summed E-state index contributed by atoms with van der Waals surface area (Å²) in [6.45, 7) is 0.184. The van der Waals surface area contributed by atoms with Crippen LogP contribution in [0.3, 0.4) is 0 Å². The van der Waals surface area contributed by atoms with Crippen LogP contribution in [0.1, 0.15) is 17.3 Å². The fraction of sp³-hybridized carbons (Fsp3) is 0.167. The van der Waals surface area contributed by atoms with Crippen molar-refractivity contribution in [3.63, 3.8) is 0 Å². The molecule has 4 aromatic rings. The summed E-state index contributed by atoms with van der Waals surface area (Å²) in [5, 5.41) is 8.67. The molecule has 0 amide bonds. The molecule has 34 heavy (non-hydrogen) atoms. The van der Waals surface area contributed by atoms with Crippen LogP contribution >= 0.6 is 0 Å². The lowest BCUT2D eigenvalue weighted by molar-refractivity contribution is 0.233. The van der Waals surface area contributed by atoms with Gasteiger partial charge in [0.25, 0.3) is 10.0 Å². The van der Waals surface area contributed by atoms with Gasteiger partial charge in [0.05, 0.1) is 34.9 Å². The van der Waals surface area contributed by atoms with Crippen LogP contribution < -0.4 is 15.8 Å². The summed E-state index contributed by atoms with van der Waals surface area (Å²) in [7, 11) is -3.86. The summed E-state index contributed by atoms with van der Waals surface area (Å²) in [6, 6.07) is 20.1. The molecule has 0 saturated heterocycles. The van der Waals surface area contributed by atoms with Gasteiger partial charge in [-0.05, 0) is 41.0 Å². The highest BCUT2D eigenvalue weighted by molar-refractivity contribution is 7.92. The first-order chi connectivity index (χ1) is 16.4. The quantitative estimate of drug-likeness (QED) is 0.419. The van der Waals surface area contributed by atoms with Crippen molar-refractivity contribution < 1.29 is 8.42 Å². The van der Waals surface area contributed by atoms with Crippen LogP contribution in [0.25, 0.3) is 10.8 Å². The number of aromatic amines is 1. The van der Waals surface area contributed by atoms with Crippen molar-refractivity contribution >= 4 is 38.3 Å². The number of nitrogens with two attached hydrogens (primary N) is 2. The van der Waals surface area contributed by atoms with Crippen LogP contribution in [0.5, 0.6) is 0 Å². The number of sulfonamides is 1. The normalized spacial score (nSPS) is 20.1. The molecule has 2 aliphatic rings. The molecule has 10 heteroatoms. The third-order valence-corrected chi connectivity index (χ3v) is 8.33. The Morgan fingerprint density at radius 1 is 1.00 bits per heavy atom. The van der Waals surface area contributed by atoms with E-state index in [9.17, 15) is 8.42 Å². The molecule has 0 saturated carbocycles. The number of guanidine groups is 1. The Balaban J connectivity index is 1.43. The number of fused-ring (bicyclic) bond motifs is 3.